The Morgan fingerprint density at radius 2 is 1.26 bits per heavy atom. The molecule has 0 atom stereocenters. The molecule has 0 aliphatic carbocycles. The minimum Gasteiger partial charge on any atom is -0.516 e. The lowest BCUT2D eigenvalue weighted by atomic mass is 10.2. The molecule has 27 heavy (non-hydrogen) atoms. The molecule has 0 bridgehead atoms. The molecule has 0 saturated carbocycles. The van der Waals surface area contributed by atoms with Gasteiger partial charge >= 0.3 is 11.9 Å². The Labute approximate surface area is 165 Å². The summed E-state index contributed by atoms with van der Waals surface area (Å²) in [7, 11) is -2.25. The van der Waals surface area contributed by atoms with E-state index in [0.29, 0.717) is 23.5 Å². The number of rotatable bonds is 10. The van der Waals surface area contributed by atoms with Gasteiger partial charge in [-0.15, -0.1) is 0 Å². The third kappa shape index (κ3) is 9.57. The van der Waals surface area contributed by atoms with Gasteiger partial charge < -0.3 is 9.16 Å². The van der Waals surface area contributed by atoms with Gasteiger partial charge in [0.15, 0.2) is 0 Å². The average molecular weight is 391 g/mol. The van der Waals surface area contributed by atoms with Gasteiger partial charge in [-0.25, -0.2) is 9.59 Å². The standard InChI is InChI=1S/C22H34O4Si/c1-17(2)14-27(15-18(3)4,16-19(5)6)26-22(24)13-12-21(23)25-20-10-8-7-9-11-20/h7-13,17-19H,14-16H2,1-6H3/b13-12-. The average Bonchev–Trinajstić information content (AvgIpc) is 2.51. The number of benzene rings is 1. The lowest BCUT2D eigenvalue weighted by molar-refractivity contribution is -0.132. The Morgan fingerprint density at radius 3 is 1.70 bits per heavy atom. The summed E-state index contributed by atoms with van der Waals surface area (Å²) in [4.78, 5) is 24.4. The first-order valence-electron chi connectivity index (χ1n) is 9.80. The van der Waals surface area contributed by atoms with Crippen molar-refractivity contribution < 1.29 is 18.8 Å². The summed E-state index contributed by atoms with van der Waals surface area (Å²) in [6.45, 7) is 13.0. The Hall–Kier alpha value is -1.88. The zero-order chi connectivity index (χ0) is 20.4. The minimum atomic E-state index is -2.25. The highest BCUT2D eigenvalue weighted by atomic mass is 28.4. The maximum absolute atomic E-state index is 12.5. The first-order valence-corrected chi connectivity index (χ1v) is 12.3. The molecule has 0 heterocycles. The summed E-state index contributed by atoms with van der Waals surface area (Å²) in [6, 6.07) is 11.6. The molecule has 150 valence electrons. The Bertz CT molecular complexity index is 594. The van der Waals surface area contributed by atoms with Crippen molar-refractivity contribution in [1.29, 1.82) is 0 Å². The molecule has 0 radical (unpaired) electrons. The quantitative estimate of drug-likeness (QED) is 0.226. The van der Waals surface area contributed by atoms with Gasteiger partial charge in [-0.05, 0) is 48.0 Å². The van der Waals surface area contributed by atoms with Crippen LogP contribution in [0.5, 0.6) is 5.75 Å². The highest BCUT2D eigenvalue weighted by molar-refractivity contribution is 6.75. The number of ether oxygens (including phenoxy) is 1. The highest BCUT2D eigenvalue weighted by Gasteiger charge is 2.40. The normalized spacial score (nSPS) is 12.2. The van der Waals surface area contributed by atoms with E-state index in [1.54, 1.807) is 24.3 Å². The van der Waals surface area contributed by atoms with Gasteiger partial charge in [-0.2, -0.15) is 0 Å². The van der Waals surface area contributed by atoms with E-state index >= 15 is 0 Å². The molecular weight excluding hydrogens is 356 g/mol. The van der Waals surface area contributed by atoms with Crippen molar-refractivity contribution in [2.45, 2.75) is 59.7 Å². The van der Waals surface area contributed by atoms with Gasteiger partial charge in [0.05, 0.1) is 0 Å². The van der Waals surface area contributed by atoms with E-state index in [-0.39, 0.29) is 0 Å². The molecule has 0 N–H and O–H groups in total. The van der Waals surface area contributed by atoms with Crippen LogP contribution in [0.25, 0.3) is 0 Å². The van der Waals surface area contributed by atoms with Crippen LogP contribution < -0.4 is 4.74 Å². The first kappa shape index (κ1) is 23.2. The second-order valence-corrected chi connectivity index (χ2v) is 12.3. The molecular formula is C22H34O4Si. The molecule has 0 aliphatic heterocycles. The third-order valence-corrected chi connectivity index (χ3v) is 9.29. The zero-order valence-electron chi connectivity index (χ0n) is 17.5. The van der Waals surface area contributed by atoms with Crippen LogP contribution in [0.1, 0.15) is 41.5 Å². The predicted octanol–water partition coefficient (Wildman–Crippen LogP) is 5.60. The summed E-state index contributed by atoms with van der Waals surface area (Å²) in [5.41, 5.74) is 0. The number of para-hydroxylation sites is 1. The largest absolute Gasteiger partial charge is 0.516 e. The summed E-state index contributed by atoms with van der Waals surface area (Å²) in [5, 5.41) is 0. The van der Waals surface area contributed by atoms with E-state index in [0.717, 1.165) is 24.2 Å². The van der Waals surface area contributed by atoms with Gasteiger partial charge in [0.2, 0.25) is 0 Å². The SMILES string of the molecule is CC(C)C[Si](CC(C)C)(CC(C)C)OC(=O)/C=C\C(=O)Oc1ccccc1. The fraction of sp³-hybridized carbons (Fsp3) is 0.545. The second kappa shape index (κ2) is 11.1. The van der Waals surface area contributed by atoms with Crippen LogP contribution >= 0.6 is 0 Å². The van der Waals surface area contributed by atoms with Gasteiger partial charge in [0.25, 0.3) is 8.32 Å². The Kier molecular flexibility index (Phi) is 9.50. The molecule has 0 fully saturated rings. The van der Waals surface area contributed by atoms with E-state index in [2.05, 4.69) is 41.5 Å². The number of carbonyl (C=O) groups is 2. The highest BCUT2D eigenvalue weighted by Crippen LogP contribution is 2.33. The first-order chi connectivity index (χ1) is 12.6. The van der Waals surface area contributed by atoms with E-state index in [1.165, 1.54) is 6.08 Å². The number of carbonyl (C=O) groups excluding carboxylic acids is 2. The van der Waals surface area contributed by atoms with Crippen LogP contribution in [-0.2, 0) is 14.0 Å². The van der Waals surface area contributed by atoms with E-state index < -0.39 is 20.3 Å². The topological polar surface area (TPSA) is 52.6 Å². The maximum Gasteiger partial charge on any atom is 0.336 e. The summed E-state index contributed by atoms with van der Waals surface area (Å²) in [5.74, 6) is 0.830. The molecule has 0 amide bonds. The summed E-state index contributed by atoms with van der Waals surface area (Å²) >= 11 is 0. The van der Waals surface area contributed by atoms with Gasteiger partial charge in [-0.3, -0.25) is 0 Å². The van der Waals surface area contributed by atoms with Gasteiger partial charge in [0, 0.05) is 12.2 Å². The van der Waals surface area contributed by atoms with E-state index in [9.17, 15) is 9.59 Å². The van der Waals surface area contributed by atoms with Gasteiger partial charge in [-0.1, -0.05) is 59.7 Å². The van der Waals surface area contributed by atoms with Crippen molar-refractivity contribution in [3.8, 4) is 5.75 Å². The summed E-state index contributed by atoms with van der Waals surface area (Å²) < 4.78 is 11.2. The predicted molar refractivity (Wildman–Crippen MR) is 112 cm³/mol. The fourth-order valence-corrected chi connectivity index (χ4v) is 9.34. The van der Waals surface area contributed by atoms with Crippen LogP contribution in [0.4, 0.5) is 0 Å². The minimum absolute atomic E-state index is 0.436. The van der Waals surface area contributed by atoms with Crippen molar-refractivity contribution in [1.82, 2.24) is 0 Å². The molecule has 0 aromatic heterocycles. The molecule has 0 saturated heterocycles. The van der Waals surface area contributed by atoms with Crippen LogP contribution in [-0.4, -0.2) is 20.3 Å². The smallest absolute Gasteiger partial charge is 0.336 e. The van der Waals surface area contributed by atoms with Gasteiger partial charge in [0.1, 0.15) is 5.75 Å². The van der Waals surface area contributed by atoms with Crippen LogP contribution in [0, 0.1) is 17.8 Å². The Morgan fingerprint density at radius 1 is 0.815 bits per heavy atom. The molecule has 1 rings (SSSR count). The molecule has 5 heteroatoms. The lowest BCUT2D eigenvalue weighted by Crippen LogP contribution is -2.43. The van der Waals surface area contributed by atoms with Crippen molar-refractivity contribution in [3.05, 3.63) is 42.5 Å². The monoisotopic (exact) mass is 390 g/mol. The molecule has 0 spiro atoms. The summed E-state index contributed by atoms with van der Waals surface area (Å²) in [6.07, 6.45) is 2.35. The van der Waals surface area contributed by atoms with E-state index in [4.69, 9.17) is 9.16 Å². The van der Waals surface area contributed by atoms with Crippen LogP contribution in [0.2, 0.25) is 18.1 Å². The molecule has 4 nitrogen and oxygen atoms in total. The van der Waals surface area contributed by atoms with Crippen LogP contribution in [0.3, 0.4) is 0 Å². The van der Waals surface area contributed by atoms with Crippen LogP contribution in [0.15, 0.2) is 42.5 Å². The molecule has 0 aliphatic rings. The zero-order valence-corrected chi connectivity index (χ0v) is 18.5. The van der Waals surface area contributed by atoms with Crippen molar-refractivity contribution >= 4 is 20.3 Å². The van der Waals surface area contributed by atoms with Crippen molar-refractivity contribution in [2.75, 3.05) is 0 Å². The maximum atomic E-state index is 12.5. The third-order valence-electron chi connectivity index (χ3n) is 3.98. The van der Waals surface area contributed by atoms with Crippen molar-refractivity contribution in [2.24, 2.45) is 17.8 Å². The fourth-order valence-electron chi connectivity index (χ4n) is 3.63. The second-order valence-electron chi connectivity index (χ2n) is 8.47. The molecule has 1 aromatic carbocycles. The molecule has 1 aromatic rings. The molecule has 0 unspecified atom stereocenters. The lowest BCUT2D eigenvalue weighted by Gasteiger charge is -2.35. The number of hydrogen-bond acceptors (Lipinski definition) is 4. The van der Waals surface area contributed by atoms with Crippen molar-refractivity contribution in [3.63, 3.8) is 0 Å². The Balaban J connectivity index is 2.82. The van der Waals surface area contributed by atoms with E-state index in [1.807, 2.05) is 6.07 Å². The number of esters is 1. The number of hydrogen-bond donors (Lipinski definition) is 0.